The fourth-order valence-corrected chi connectivity index (χ4v) is 4.87. The molecule has 1 saturated heterocycles. The van der Waals surface area contributed by atoms with Crippen molar-refractivity contribution < 1.29 is 27.5 Å². The minimum absolute atomic E-state index is 0.00497. The van der Waals surface area contributed by atoms with Gasteiger partial charge in [0.25, 0.3) is 0 Å². The van der Waals surface area contributed by atoms with E-state index in [1.807, 2.05) is 31.2 Å². The molecule has 0 atom stereocenters. The van der Waals surface area contributed by atoms with Crippen LogP contribution in [-0.2, 0) is 30.7 Å². The van der Waals surface area contributed by atoms with Gasteiger partial charge in [0.15, 0.2) is 0 Å². The van der Waals surface area contributed by atoms with Crippen molar-refractivity contribution in [1.82, 2.24) is 9.62 Å². The van der Waals surface area contributed by atoms with E-state index in [-0.39, 0.29) is 42.6 Å². The van der Waals surface area contributed by atoms with Crippen molar-refractivity contribution in [2.24, 2.45) is 0 Å². The number of hydrogen-bond acceptors (Lipinski definition) is 6. The van der Waals surface area contributed by atoms with Crippen LogP contribution in [0.1, 0.15) is 33.5 Å². The molecule has 0 radical (unpaired) electrons. The summed E-state index contributed by atoms with van der Waals surface area (Å²) in [4.78, 5) is 24.6. The van der Waals surface area contributed by atoms with Crippen LogP contribution >= 0.6 is 0 Å². The molecular weight excluding hydrogens is 444 g/mol. The van der Waals surface area contributed by atoms with Gasteiger partial charge in [0, 0.05) is 19.5 Å². The van der Waals surface area contributed by atoms with E-state index in [1.54, 1.807) is 13.0 Å². The van der Waals surface area contributed by atoms with Gasteiger partial charge in [0.05, 0.1) is 30.2 Å². The molecule has 1 heterocycles. The first-order valence-electron chi connectivity index (χ1n) is 11.0. The Morgan fingerprint density at radius 3 is 2.45 bits per heavy atom. The van der Waals surface area contributed by atoms with Crippen molar-refractivity contribution in [3.05, 3.63) is 64.7 Å². The Balaban J connectivity index is 1.49. The Morgan fingerprint density at radius 2 is 1.76 bits per heavy atom. The average Bonchev–Trinajstić information content (AvgIpc) is 2.82. The van der Waals surface area contributed by atoms with E-state index in [0.717, 1.165) is 5.56 Å². The van der Waals surface area contributed by atoms with E-state index in [1.165, 1.54) is 22.0 Å². The van der Waals surface area contributed by atoms with Crippen molar-refractivity contribution in [2.45, 2.75) is 31.6 Å². The Labute approximate surface area is 194 Å². The number of morpholine rings is 1. The zero-order chi connectivity index (χ0) is 23.8. The van der Waals surface area contributed by atoms with E-state index in [0.29, 0.717) is 31.6 Å². The molecule has 0 spiro atoms. The van der Waals surface area contributed by atoms with Crippen LogP contribution in [0.25, 0.3) is 0 Å². The molecule has 1 amide bonds. The number of hydrogen-bond donors (Lipinski definition) is 1. The monoisotopic (exact) mass is 474 g/mol. The van der Waals surface area contributed by atoms with Gasteiger partial charge in [-0.1, -0.05) is 35.9 Å². The lowest BCUT2D eigenvalue weighted by Gasteiger charge is -2.26. The second-order valence-corrected chi connectivity index (χ2v) is 9.90. The normalized spacial score (nSPS) is 14.6. The molecule has 1 fully saturated rings. The summed E-state index contributed by atoms with van der Waals surface area (Å²) >= 11 is 0. The van der Waals surface area contributed by atoms with Crippen molar-refractivity contribution in [3.8, 4) is 0 Å². The van der Waals surface area contributed by atoms with E-state index in [2.05, 4.69) is 5.32 Å². The maximum atomic E-state index is 12.9. The molecule has 9 heteroatoms. The first-order chi connectivity index (χ1) is 15.8. The van der Waals surface area contributed by atoms with E-state index < -0.39 is 16.0 Å². The van der Waals surface area contributed by atoms with Gasteiger partial charge in [-0.3, -0.25) is 4.79 Å². The fourth-order valence-electron chi connectivity index (χ4n) is 3.43. The topological polar surface area (TPSA) is 102 Å². The lowest BCUT2D eigenvalue weighted by molar-refractivity contribution is -0.121. The maximum Gasteiger partial charge on any atom is 0.338 e. The Morgan fingerprint density at radius 1 is 1.06 bits per heavy atom. The molecule has 0 saturated carbocycles. The van der Waals surface area contributed by atoms with Gasteiger partial charge in [0.2, 0.25) is 15.9 Å². The van der Waals surface area contributed by atoms with Gasteiger partial charge < -0.3 is 14.8 Å². The van der Waals surface area contributed by atoms with Crippen molar-refractivity contribution in [3.63, 3.8) is 0 Å². The minimum atomic E-state index is -3.71. The van der Waals surface area contributed by atoms with Crippen molar-refractivity contribution >= 4 is 21.9 Å². The first-order valence-corrected chi connectivity index (χ1v) is 12.4. The Bertz CT molecular complexity index is 1080. The van der Waals surface area contributed by atoms with Crippen LogP contribution in [0.15, 0.2) is 47.4 Å². The number of aryl methyl sites for hydroxylation is 3. The summed E-state index contributed by atoms with van der Waals surface area (Å²) in [7, 11) is -3.71. The summed E-state index contributed by atoms with van der Waals surface area (Å²) < 4.78 is 37.6. The number of amides is 1. The summed E-state index contributed by atoms with van der Waals surface area (Å²) in [6, 6.07) is 12.5. The maximum absolute atomic E-state index is 12.9. The summed E-state index contributed by atoms with van der Waals surface area (Å²) in [6.07, 6.45) is 0.979. The average molecular weight is 475 g/mol. The molecule has 1 aliphatic heterocycles. The lowest BCUT2D eigenvalue weighted by atomic mass is 10.1. The van der Waals surface area contributed by atoms with Gasteiger partial charge in [-0.05, 0) is 43.5 Å². The molecule has 0 unspecified atom stereocenters. The van der Waals surface area contributed by atoms with Gasteiger partial charge >= 0.3 is 5.97 Å². The van der Waals surface area contributed by atoms with Crippen LogP contribution in [0.3, 0.4) is 0 Å². The number of benzene rings is 2. The van der Waals surface area contributed by atoms with E-state index >= 15 is 0 Å². The number of carbonyl (C=O) groups is 2. The first kappa shape index (κ1) is 24.9. The molecule has 2 aromatic carbocycles. The smallest absolute Gasteiger partial charge is 0.338 e. The second kappa shape index (κ2) is 11.4. The minimum Gasteiger partial charge on any atom is -0.460 e. The second-order valence-electron chi connectivity index (χ2n) is 7.96. The van der Waals surface area contributed by atoms with Crippen molar-refractivity contribution in [2.75, 3.05) is 39.5 Å². The lowest BCUT2D eigenvalue weighted by Crippen LogP contribution is -2.40. The zero-order valence-electron chi connectivity index (χ0n) is 19.0. The standard InChI is InChI=1S/C24H30N2O6S/c1-18-3-6-20(7-4-18)8-10-23(27)25-11-14-32-24(28)22-17-21(9-5-19(22)2)33(29,30)26-12-15-31-16-13-26/h3-7,9,17H,8,10-16H2,1-2H3,(H,25,27). The van der Waals surface area contributed by atoms with Crippen LogP contribution in [0.4, 0.5) is 0 Å². The number of esters is 1. The Hall–Kier alpha value is -2.75. The van der Waals surface area contributed by atoms with Crippen LogP contribution in [0.2, 0.25) is 0 Å². The molecule has 1 N–H and O–H groups in total. The summed E-state index contributed by atoms with van der Waals surface area (Å²) in [5.74, 6) is -0.748. The van der Waals surface area contributed by atoms with Gasteiger partial charge in [-0.25, -0.2) is 13.2 Å². The summed E-state index contributed by atoms with van der Waals surface area (Å²) in [5.41, 5.74) is 3.06. The number of carbonyl (C=O) groups excluding carboxylic acids is 2. The highest BCUT2D eigenvalue weighted by Gasteiger charge is 2.27. The molecule has 3 rings (SSSR count). The third-order valence-corrected chi connectivity index (χ3v) is 7.35. The molecule has 0 aromatic heterocycles. The highest BCUT2D eigenvalue weighted by molar-refractivity contribution is 7.89. The number of nitrogens with one attached hydrogen (secondary N) is 1. The quantitative estimate of drug-likeness (QED) is 0.442. The van der Waals surface area contributed by atoms with Crippen molar-refractivity contribution in [1.29, 1.82) is 0 Å². The highest BCUT2D eigenvalue weighted by Crippen LogP contribution is 2.21. The predicted octanol–water partition coefficient (Wildman–Crippen LogP) is 2.23. The molecule has 178 valence electrons. The number of nitrogens with zero attached hydrogens (tertiary/aromatic N) is 1. The molecular formula is C24H30N2O6S. The van der Waals surface area contributed by atoms with Crippen LogP contribution in [0, 0.1) is 13.8 Å². The molecule has 8 nitrogen and oxygen atoms in total. The van der Waals surface area contributed by atoms with E-state index in [4.69, 9.17) is 9.47 Å². The molecule has 33 heavy (non-hydrogen) atoms. The van der Waals surface area contributed by atoms with Crippen LogP contribution in [0.5, 0.6) is 0 Å². The third-order valence-electron chi connectivity index (χ3n) is 5.46. The van der Waals surface area contributed by atoms with Gasteiger partial charge in [-0.15, -0.1) is 0 Å². The predicted molar refractivity (Wildman–Crippen MR) is 124 cm³/mol. The van der Waals surface area contributed by atoms with Gasteiger partial charge in [0.1, 0.15) is 6.61 Å². The highest BCUT2D eigenvalue weighted by atomic mass is 32.2. The van der Waals surface area contributed by atoms with Gasteiger partial charge in [-0.2, -0.15) is 4.31 Å². The van der Waals surface area contributed by atoms with Crippen LogP contribution < -0.4 is 5.32 Å². The summed E-state index contributed by atoms with van der Waals surface area (Å²) in [6.45, 7) is 5.15. The number of sulfonamides is 1. The Kier molecular flexibility index (Phi) is 8.60. The summed E-state index contributed by atoms with van der Waals surface area (Å²) in [5, 5.41) is 2.73. The number of rotatable bonds is 9. The SMILES string of the molecule is Cc1ccc(CCC(=O)NCCOC(=O)c2cc(S(=O)(=O)N3CCOCC3)ccc2C)cc1. The molecule has 2 aromatic rings. The number of ether oxygens (including phenoxy) is 2. The van der Waals surface area contributed by atoms with Crippen LogP contribution in [-0.4, -0.2) is 64.1 Å². The van der Waals surface area contributed by atoms with E-state index in [9.17, 15) is 18.0 Å². The third kappa shape index (κ3) is 6.86. The molecule has 1 aliphatic rings. The molecule has 0 bridgehead atoms. The fraction of sp³-hybridized carbons (Fsp3) is 0.417. The zero-order valence-corrected chi connectivity index (χ0v) is 19.8. The molecule has 0 aliphatic carbocycles. The largest absolute Gasteiger partial charge is 0.460 e.